The van der Waals surface area contributed by atoms with Crippen LogP contribution in [0.3, 0.4) is 0 Å². The Hall–Kier alpha value is -1.04. The van der Waals surface area contributed by atoms with Crippen LogP contribution < -0.4 is 4.74 Å². The fraction of sp³-hybridized carbons (Fsp3) is 0.769. The molecule has 1 aliphatic carbocycles. The standard InChI is InChI=1S/C26H40F4OSi/c1-2-3-4-13-32-14-11-20(12-15-32)6-5-19-7-9-21(10-8-19)22-16-23(27)26(24(28)17-22)31-18-25(29)30/h16-17,19-21,25,32H,2-15,18H2,1H3/t19-,20-,21-,32-. The minimum absolute atomic E-state index is 0.143. The molecule has 1 heterocycles. The van der Waals surface area contributed by atoms with Crippen molar-refractivity contribution in [1.29, 1.82) is 0 Å². The molecule has 1 aromatic carbocycles. The molecule has 1 nitrogen and oxygen atoms in total. The second-order valence-electron chi connectivity index (χ2n) is 10.2. The van der Waals surface area contributed by atoms with Crippen molar-refractivity contribution >= 4 is 8.80 Å². The predicted octanol–water partition coefficient (Wildman–Crippen LogP) is 8.49. The molecule has 0 spiro atoms. The van der Waals surface area contributed by atoms with Crippen molar-refractivity contribution in [2.45, 2.75) is 108 Å². The van der Waals surface area contributed by atoms with Crippen LogP contribution in [0.25, 0.3) is 0 Å². The van der Waals surface area contributed by atoms with E-state index < -0.39 is 39.2 Å². The van der Waals surface area contributed by atoms with E-state index in [4.69, 9.17) is 0 Å². The summed E-state index contributed by atoms with van der Waals surface area (Å²) in [6.45, 7) is 1.29. The number of ether oxygens (including phenoxy) is 1. The van der Waals surface area contributed by atoms with Gasteiger partial charge in [-0.3, -0.25) is 0 Å². The molecule has 0 radical (unpaired) electrons. The van der Waals surface area contributed by atoms with E-state index in [9.17, 15) is 17.6 Å². The van der Waals surface area contributed by atoms with Gasteiger partial charge in [0.15, 0.2) is 17.4 Å². The smallest absolute Gasteiger partial charge is 0.272 e. The highest BCUT2D eigenvalue weighted by Crippen LogP contribution is 2.41. The quantitative estimate of drug-likeness (QED) is 0.178. The third-order valence-corrected chi connectivity index (χ3v) is 11.4. The first-order chi connectivity index (χ1) is 15.5. The van der Waals surface area contributed by atoms with Crippen molar-refractivity contribution in [2.24, 2.45) is 11.8 Å². The fourth-order valence-electron chi connectivity index (χ4n) is 5.85. The first-order valence-electron chi connectivity index (χ1n) is 12.9. The van der Waals surface area contributed by atoms with Gasteiger partial charge in [0.05, 0.1) is 0 Å². The maximum absolute atomic E-state index is 14.2. The van der Waals surface area contributed by atoms with E-state index >= 15 is 0 Å². The van der Waals surface area contributed by atoms with Gasteiger partial charge in [-0.15, -0.1) is 0 Å². The lowest BCUT2D eigenvalue weighted by Crippen LogP contribution is -2.22. The second kappa shape index (κ2) is 13.0. The van der Waals surface area contributed by atoms with Crippen LogP contribution >= 0.6 is 0 Å². The molecule has 3 rings (SSSR count). The summed E-state index contributed by atoms with van der Waals surface area (Å²) in [7, 11) is -0.428. The number of rotatable bonds is 11. The summed E-state index contributed by atoms with van der Waals surface area (Å²) in [5.41, 5.74) is 0.634. The molecular weight excluding hydrogens is 432 g/mol. The molecule has 0 aromatic heterocycles. The molecule has 0 bridgehead atoms. The van der Waals surface area contributed by atoms with E-state index in [-0.39, 0.29) is 5.92 Å². The number of benzene rings is 1. The van der Waals surface area contributed by atoms with Crippen LogP contribution in [0.4, 0.5) is 17.6 Å². The highest BCUT2D eigenvalue weighted by molar-refractivity contribution is 6.58. The van der Waals surface area contributed by atoms with Crippen LogP contribution in [0.1, 0.15) is 89.0 Å². The van der Waals surface area contributed by atoms with Crippen LogP contribution in [-0.2, 0) is 0 Å². The molecular formula is C26H40F4OSi. The Morgan fingerprint density at radius 1 is 0.906 bits per heavy atom. The fourth-order valence-corrected chi connectivity index (χ4v) is 9.46. The van der Waals surface area contributed by atoms with Gasteiger partial charge < -0.3 is 4.74 Å². The lowest BCUT2D eigenvalue weighted by atomic mass is 9.76. The largest absolute Gasteiger partial charge is 0.482 e. The van der Waals surface area contributed by atoms with Crippen LogP contribution in [0.15, 0.2) is 12.1 Å². The van der Waals surface area contributed by atoms with E-state index in [1.54, 1.807) is 18.1 Å². The first-order valence-corrected chi connectivity index (χ1v) is 15.3. The highest BCUT2D eigenvalue weighted by Gasteiger charge is 2.27. The van der Waals surface area contributed by atoms with Crippen molar-refractivity contribution in [3.63, 3.8) is 0 Å². The minimum Gasteiger partial charge on any atom is -0.482 e. The van der Waals surface area contributed by atoms with Crippen molar-refractivity contribution in [3.8, 4) is 5.75 Å². The predicted molar refractivity (Wildman–Crippen MR) is 126 cm³/mol. The summed E-state index contributed by atoms with van der Waals surface area (Å²) in [5, 5.41) is 0. The molecule has 1 saturated carbocycles. The van der Waals surface area contributed by atoms with Gasteiger partial charge in [0, 0.05) is 8.80 Å². The molecule has 182 valence electrons. The molecule has 1 aliphatic heterocycles. The maximum atomic E-state index is 14.2. The normalized spacial score (nSPS) is 26.4. The molecule has 1 saturated heterocycles. The van der Waals surface area contributed by atoms with Gasteiger partial charge in [0.1, 0.15) is 6.61 Å². The molecule has 2 aliphatic rings. The lowest BCUT2D eigenvalue weighted by Gasteiger charge is -2.32. The summed E-state index contributed by atoms with van der Waals surface area (Å²) in [6, 6.07) is 7.21. The van der Waals surface area contributed by atoms with E-state index in [1.165, 1.54) is 57.1 Å². The van der Waals surface area contributed by atoms with Gasteiger partial charge in [-0.25, -0.2) is 17.6 Å². The summed E-state index contributed by atoms with van der Waals surface area (Å²) in [6.07, 6.45) is 11.1. The molecule has 2 fully saturated rings. The van der Waals surface area contributed by atoms with Crippen molar-refractivity contribution in [2.75, 3.05) is 6.61 Å². The summed E-state index contributed by atoms with van der Waals surface area (Å²) >= 11 is 0. The van der Waals surface area contributed by atoms with Gasteiger partial charge in [0.25, 0.3) is 6.43 Å². The SMILES string of the molecule is CCCCC[Si@H]1CC[C@H](CC[C@H]2CC[C@H](c3cc(F)c(OCC(F)F)c(F)c3)CC2)CC1. The molecule has 1 aromatic rings. The summed E-state index contributed by atoms with van der Waals surface area (Å²) < 4.78 is 57.6. The third kappa shape index (κ3) is 7.77. The zero-order valence-electron chi connectivity index (χ0n) is 19.6. The Morgan fingerprint density at radius 3 is 2.06 bits per heavy atom. The molecule has 0 unspecified atom stereocenters. The van der Waals surface area contributed by atoms with E-state index in [0.717, 1.165) is 37.5 Å². The number of alkyl halides is 2. The Bertz CT molecular complexity index is 659. The highest BCUT2D eigenvalue weighted by atomic mass is 28.3. The van der Waals surface area contributed by atoms with Crippen molar-refractivity contribution in [1.82, 2.24) is 0 Å². The molecule has 0 amide bonds. The summed E-state index contributed by atoms with van der Waals surface area (Å²) in [4.78, 5) is 0. The number of unbranched alkanes of at least 4 members (excludes halogenated alkanes) is 2. The average molecular weight is 473 g/mol. The molecule has 6 heteroatoms. The Balaban J connectivity index is 1.38. The number of hydrogen-bond donors (Lipinski definition) is 0. The molecule has 0 atom stereocenters. The zero-order valence-corrected chi connectivity index (χ0v) is 20.7. The Morgan fingerprint density at radius 2 is 1.50 bits per heavy atom. The van der Waals surface area contributed by atoms with Crippen LogP contribution in [0.2, 0.25) is 18.1 Å². The van der Waals surface area contributed by atoms with Crippen molar-refractivity contribution < 1.29 is 22.3 Å². The Kier molecular flexibility index (Phi) is 10.4. The van der Waals surface area contributed by atoms with E-state index in [0.29, 0.717) is 5.56 Å². The lowest BCUT2D eigenvalue weighted by molar-refractivity contribution is 0.0777. The molecule has 32 heavy (non-hydrogen) atoms. The second-order valence-corrected chi connectivity index (χ2v) is 13.7. The van der Waals surface area contributed by atoms with E-state index in [1.807, 2.05) is 0 Å². The first kappa shape index (κ1) is 25.6. The van der Waals surface area contributed by atoms with Crippen LogP contribution in [0, 0.1) is 23.5 Å². The number of hydrogen-bond acceptors (Lipinski definition) is 1. The van der Waals surface area contributed by atoms with Gasteiger partial charge in [-0.1, -0.05) is 70.0 Å². The van der Waals surface area contributed by atoms with Crippen LogP contribution in [0.5, 0.6) is 5.75 Å². The number of halogens is 4. The van der Waals surface area contributed by atoms with Gasteiger partial charge in [-0.05, 0) is 61.1 Å². The van der Waals surface area contributed by atoms with Gasteiger partial charge >= 0.3 is 0 Å². The van der Waals surface area contributed by atoms with E-state index in [2.05, 4.69) is 11.7 Å². The topological polar surface area (TPSA) is 9.23 Å². The van der Waals surface area contributed by atoms with Crippen LogP contribution in [-0.4, -0.2) is 21.8 Å². The maximum Gasteiger partial charge on any atom is 0.272 e. The average Bonchev–Trinajstić information content (AvgIpc) is 2.78. The molecule has 0 N–H and O–H groups in total. The van der Waals surface area contributed by atoms with Gasteiger partial charge in [0.2, 0.25) is 0 Å². The van der Waals surface area contributed by atoms with Crippen molar-refractivity contribution in [3.05, 3.63) is 29.3 Å². The zero-order chi connectivity index (χ0) is 22.9. The third-order valence-electron chi connectivity index (χ3n) is 7.86. The summed E-state index contributed by atoms with van der Waals surface area (Å²) in [5.74, 6) is -0.649. The van der Waals surface area contributed by atoms with Gasteiger partial charge in [-0.2, -0.15) is 0 Å². The Labute approximate surface area is 192 Å². The monoisotopic (exact) mass is 472 g/mol. The minimum atomic E-state index is -2.76.